The SMILES string of the molecule is Cc1ccc(C(=O)NCCN(C(C)C)C(C)C)cn1. The Morgan fingerprint density at radius 2 is 1.89 bits per heavy atom. The Morgan fingerprint density at radius 3 is 2.37 bits per heavy atom. The molecular formula is C15H25N3O. The van der Waals surface area contributed by atoms with E-state index < -0.39 is 0 Å². The molecular weight excluding hydrogens is 238 g/mol. The van der Waals surface area contributed by atoms with Gasteiger partial charge in [0.1, 0.15) is 0 Å². The normalized spacial score (nSPS) is 11.4. The minimum Gasteiger partial charge on any atom is -0.351 e. The highest BCUT2D eigenvalue weighted by molar-refractivity contribution is 5.93. The Labute approximate surface area is 116 Å². The maximum absolute atomic E-state index is 11.9. The molecule has 1 rings (SSSR count). The Hall–Kier alpha value is -1.42. The van der Waals surface area contributed by atoms with E-state index in [9.17, 15) is 4.79 Å². The van der Waals surface area contributed by atoms with Crippen molar-refractivity contribution in [1.29, 1.82) is 0 Å². The van der Waals surface area contributed by atoms with Gasteiger partial charge in [-0.1, -0.05) is 0 Å². The number of rotatable bonds is 6. The molecule has 0 unspecified atom stereocenters. The molecule has 0 saturated carbocycles. The van der Waals surface area contributed by atoms with Crippen LogP contribution in [0.1, 0.15) is 43.7 Å². The van der Waals surface area contributed by atoms with Gasteiger partial charge >= 0.3 is 0 Å². The summed E-state index contributed by atoms with van der Waals surface area (Å²) in [5, 5.41) is 2.94. The zero-order chi connectivity index (χ0) is 14.4. The number of carbonyl (C=O) groups excluding carboxylic acids is 1. The van der Waals surface area contributed by atoms with Crippen molar-refractivity contribution in [1.82, 2.24) is 15.2 Å². The second kappa shape index (κ2) is 7.24. The molecule has 19 heavy (non-hydrogen) atoms. The summed E-state index contributed by atoms with van der Waals surface area (Å²) in [5.74, 6) is -0.0556. The van der Waals surface area contributed by atoms with Gasteiger partial charge in [-0.2, -0.15) is 0 Å². The number of carbonyl (C=O) groups is 1. The van der Waals surface area contributed by atoms with Crippen molar-refractivity contribution < 1.29 is 4.79 Å². The molecule has 0 fully saturated rings. The van der Waals surface area contributed by atoms with E-state index in [1.807, 2.05) is 13.0 Å². The average molecular weight is 263 g/mol. The second-order valence-corrected chi connectivity index (χ2v) is 5.37. The molecule has 1 heterocycles. The highest BCUT2D eigenvalue weighted by Gasteiger charge is 2.13. The summed E-state index contributed by atoms with van der Waals surface area (Å²) in [6.07, 6.45) is 1.62. The lowest BCUT2D eigenvalue weighted by Gasteiger charge is -2.30. The molecule has 0 radical (unpaired) electrons. The Bertz CT molecular complexity index is 390. The van der Waals surface area contributed by atoms with Gasteiger partial charge in [0.15, 0.2) is 0 Å². The van der Waals surface area contributed by atoms with Crippen LogP contribution >= 0.6 is 0 Å². The fourth-order valence-corrected chi connectivity index (χ4v) is 2.12. The summed E-state index contributed by atoms with van der Waals surface area (Å²) in [5.41, 5.74) is 1.54. The van der Waals surface area contributed by atoms with Gasteiger partial charge in [-0.3, -0.25) is 14.7 Å². The number of pyridine rings is 1. The van der Waals surface area contributed by atoms with Gasteiger partial charge in [0.05, 0.1) is 5.56 Å². The lowest BCUT2D eigenvalue weighted by molar-refractivity contribution is 0.0939. The molecule has 1 amide bonds. The summed E-state index contributed by atoms with van der Waals surface area (Å²) in [7, 11) is 0. The number of nitrogens with zero attached hydrogens (tertiary/aromatic N) is 2. The van der Waals surface area contributed by atoms with Gasteiger partial charge in [-0.05, 0) is 46.8 Å². The van der Waals surface area contributed by atoms with E-state index in [2.05, 4.69) is 42.9 Å². The number of nitrogens with one attached hydrogen (secondary N) is 1. The Kier molecular flexibility index (Phi) is 5.96. The number of aromatic nitrogens is 1. The van der Waals surface area contributed by atoms with Crippen molar-refractivity contribution in [2.75, 3.05) is 13.1 Å². The number of hydrogen-bond donors (Lipinski definition) is 1. The van der Waals surface area contributed by atoms with E-state index >= 15 is 0 Å². The predicted molar refractivity (Wildman–Crippen MR) is 78.3 cm³/mol. The minimum absolute atomic E-state index is 0.0556. The molecule has 1 N–H and O–H groups in total. The van der Waals surface area contributed by atoms with E-state index in [1.165, 1.54) is 0 Å². The summed E-state index contributed by atoms with van der Waals surface area (Å²) >= 11 is 0. The van der Waals surface area contributed by atoms with Crippen molar-refractivity contribution in [3.8, 4) is 0 Å². The minimum atomic E-state index is -0.0556. The van der Waals surface area contributed by atoms with Gasteiger partial charge in [-0.25, -0.2) is 0 Å². The Morgan fingerprint density at radius 1 is 1.26 bits per heavy atom. The monoisotopic (exact) mass is 263 g/mol. The van der Waals surface area contributed by atoms with Crippen molar-refractivity contribution in [2.24, 2.45) is 0 Å². The molecule has 106 valence electrons. The van der Waals surface area contributed by atoms with Crippen LogP contribution < -0.4 is 5.32 Å². The summed E-state index contributed by atoms with van der Waals surface area (Å²) in [6.45, 7) is 12.1. The molecule has 1 aromatic rings. The van der Waals surface area contributed by atoms with Crippen LogP contribution in [0.3, 0.4) is 0 Å². The molecule has 0 aliphatic heterocycles. The first-order chi connectivity index (χ1) is 8.91. The van der Waals surface area contributed by atoms with Gasteiger partial charge in [-0.15, -0.1) is 0 Å². The van der Waals surface area contributed by atoms with Crippen LogP contribution in [-0.2, 0) is 0 Å². The number of amides is 1. The largest absolute Gasteiger partial charge is 0.351 e. The smallest absolute Gasteiger partial charge is 0.252 e. The van der Waals surface area contributed by atoms with Crippen molar-refractivity contribution in [2.45, 2.75) is 46.7 Å². The number of hydrogen-bond acceptors (Lipinski definition) is 3. The Balaban J connectivity index is 2.44. The standard InChI is InChI=1S/C15H25N3O/c1-11(2)18(12(3)4)9-8-16-15(19)14-7-6-13(5)17-10-14/h6-7,10-12H,8-9H2,1-5H3,(H,16,19). The first kappa shape index (κ1) is 15.6. The summed E-state index contributed by atoms with van der Waals surface area (Å²) in [6, 6.07) is 4.62. The quantitative estimate of drug-likeness (QED) is 0.856. The maximum Gasteiger partial charge on any atom is 0.252 e. The zero-order valence-corrected chi connectivity index (χ0v) is 12.6. The molecule has 0 atom stereocenters. The van der Waals surface area contributed by atoms with Crippen LogP contribution in [0.2, 0.25) is 0 Å². The van der Waals surface area contributed by atoms with Crippen LogP contribution in [0.15, 0.2) is 18.3 Å². The van der Waals surface area contributed by atoms with Gasteiger partial charge < -0.3 is 5.32 Å². The van der Waals surface area contributed by atoms with Crippen LogP contribution in [0.25, 0.3) is 0 Å². The lowest BCUT2D eigenvalue weighted by Crippen LogP contribution is -2.42. The van der Waals surface area contributed by atoms with E-state index in [-0.39, 0.29) is 5.91 Å². The van der Waals surface area contributed by atoms with Gasteiger partial charge in [0.2, 0.25) is 0 Å². The summed E-state index contributed by atoms with van der Waals surface area (Å²) in [4.78, 5) is 18.4. The average Bonchev–Trinajstić information content (AvgIpc) is 2.34. The van der Waals surface area contributed by atoms with E-state index in [1.54, 1.807) is 12.3 Å². The molecule has 4 nitrogen and oxygen atoms in total. The van der Waals surface area contributed by atoms with Crippen LogP contribution in [0, 0.1) is 6.92 Å². The highest BCUT2D eigenvalue weighted by atomic mass is 16.1. The maximum atomic E-state index is 11.9. The van der Waals surface area contributed by atoms with Gasteiger partial charge in [0, 0.05) is 37.1 Å². The zero-order valence-electron chi connectivity index (χ0n) is 12.6. The first-order valence-corrected chi connectivity index (χ1v) is 6.88. The van der Waals surface area contributed by atoms with Crippen LogP contribution in [-0.4, -0.2) is 41.0 Å². The fraction of sp³-hybridized carbons (Fsp3) is 0.600. The van der Waals surface area contributed by atoms with Crippen molar-refractivity contribution in [3.63, 3.8) is 0 Å². The molecule has 4 heteroatoms. The lowest BCUT2D eigenvalue weighted by atomic mass is 10.2. The van der Waals surface area contributed by atoms with Gasteiger partial charge in [0.25, 0.3) is 5.91 Å². The third kappa shape index (κ3) is 4.99. The topological polar surface area (TPSA) is 45.2 Å². The predicted octanol–water partition coefficient (Wildman–Crippen LogP) is 2.24. The molecule has 0 aromatic carbocycles. The van der Waals surface area contributed by atoms with Crippen LogP contribution in [0.4, 0.5) is 0 Å². The van der Waals surface area contributed by atoms with Crippen LogP contribution in [0.5, 0.6) is 0 Å². The molecule has 0 saturated heterocycles. The molecule has 0 bridgehead atoms. The van der Waals surface area contributed by atoms with Crippen molar-refractivity contribution in [3.05, 3.63) is 29.6 Å². The molecule has 1 aromatic heterocycles. The molecule has 0 aliphatic rings. The third-order valence-electron chi connectivity index (χ3n) is 3.16. The van der Waals surface area contributed by atoms with E-state index in [0.717, 1.165) is 12.2 Å². The number of aryl methyl sites for hydroxylation is 1. The first-order valence-electron chi connectivity index (χ1n) is 6.88. The van der Waals surface area contributed by atoms with E-state index in [0.29, 0.717) is 24.2 Å². The molecule has 0 spiro atoms. The highest BCUT2D eigenvalue weighted by Crippen LogP contribution is 2.04. The third-order valence-corrected chi connectivity index (χ3v) is 3.16. The molecule has 0 aliphatic carbocycles. The summed E-state index contributed by atoms with van der Waals surface area (Å²) < 4.78 is 0. The second-order valence-electron chi connectivity index (χ2n) is 5.37. The fourth-order valence-electron chi connectivity index (χ4n) is 2.12. The van der Waals surface area contributed by atoms with E-state index in [4.69, 9.17) is 0 Å². The van der Waals surface area contributed by atoms with Crippen molar-refractivity contribution >= 4 is 5.91 Å².